The molecule has 0 N–H and O–H groups in total. The van der Waals surface area contributed by atoms with Gasteiger partial charge >= 0.3 is 0 Å². The molecular formula is C11H19ClN2O. The van der Waals surface area contributed by atoms with Crippen molar-refractivity contribution >= 4 is 12.4 Å². The van der Waals surface area contributed by atoms with Crippen molar-refractivity contribution in [1.82, 2.24) is 9.55 Å². The molecule has 0 aliphatic rings. The zero-order valence-corrected chi connectivity index (χ0v) is 10.2. The van der Waals surface area contributed by atoms with Crippen LogP contribution in [0.3, 0.4) is 0 Å². The molecule has 15 heavy (non-hydrogen) atoms. The molecule has 4 heteroatoms. The van der Waals surface area contributed by atoms with Gasteiger partial charge in [0.1, 0.15) is 5.82 Å². The van der Waals surface area contributed by atoms with Crippen molar-refractivity contribution in [2.75, 3.05) is 0 Å². The maximum atomic E-state index is 5.29. The van der Waals surface area contributed by atoms with Crippen LogP contribution in [-0.4, -0.2) is 9.55 Å². The van der Waals surface area contributed by atoms with E-state index in [9.17, 15) is 0 Å². The van der Waals surface area contributed by atoms with E-state index in [0.29, 0.717) is 0 Å². The molecule has 0 radical (unpaired) electrons. The van der Waals surface area contributed by atoms with Gasteiger partial charge in [-0.3, -0.25) is 0 Å². The highest BCUT2D eigenvalue weighted by molar-refractivity contribution is 5.85. The fourth-order valence-corrected chi connectivity index (χ4v) is 1.40. The van der Waals surface area contributed by atoms with Crippen LogP contribution in [0.2, 0.25) is 0 Å². The minimum Gasteiger partial charge on any atom is -0.491 e. The number of hydrogen-bond donors (Lipinski definition) is 0. The Kier molecular flexibility index (Phi) is 6.88. The van der Waals surface area contributed by atoms with Crippen LogP contribution >= 0.6 is 12.4 Å². The summed E-state index contributed by atoms with van der Waals surface area (Å²) in [6.45, 7) is 8.71. The Bertz CT molecular complexity index is 286. The third kappa shape index (κ3) is 3.96. The van der Waals surface area contributed by atoms with E-state index < -0.39 is 0 Å². The number of aryl methyl sites for hydroxylation is 1. The topological polar surface area (TPSA) is 27.1 Å². The average molecular weight is 231 g/mol. The third-order valence-electron chi connectivity index (χ3n) is 2.16. The Morgan fingerprint density at radius 3 is 3.00 bits per heavy atom. The normalized spacial score (nSPS) is 11.6. The van der Waals surface area contributed by atoms with Crippen molar-refractivity contribution in [3.63, 3.8) is 0 Å². The molecule has 86 valence electrons. The molecule has 0 bridgehead atoms. The van der Waals surface area contributed by atoms with Gasteiger partial charge in [0.05, 0.1) is 6.26 Å². The summed E-state index contributed by atoms with van der Waals surface area (Å²) in [4.78, 5) is 4.28. The summed E-state index contributed by atoms with van der Waals surface area (Å²) in [5.41, 5.74) is 0. The largest absolute Gasteiger partial charge is 0.491 e. The van der Waals surface area contributed by atoms with Crippen molar-refractivity contribution in [3.8, 4) is 0 Å². The number of ether oxygens (including phenoxy) is 1. The van der Waals surface area contributed by atoms with E-state index in [1.165, 1.54) is 19.1 Å². The van der Waals surface area contributed by atoms with Gasteiger partial charge in [-0.25, -0.2) is 4.98 Å². The first-order valence-electron chi connectivity index (χ1n) is 5.07. The summed E-state index contributed by atoms with van der Waals surface area (Å²) >= 11 is 0. The second-order valence-corrected chi connectivity index (χ2v) is 3.28. The lowest BCUT2D eigenvalue weighted by Gasteiger charge is -2.13. The lowest BCUT2D eigenvalue weighted by Crippen LogP contribution is -2.07. The van der Waals surface area contributed by atoms with Crippen LogP contribution in [-0.2, 0) is 11.3 Å². The molecule has 1 aromatic rings. The minimum absolute atomic E-state index is 0. The lowest BCUT2D eigenvalue weighted by atomic mass is 10.3. The van der Waals surface area contributed by atoms with Crippen LogP contribution in [0.1, 0.15) is 38.6 Å². The molecule has 0 fully saturated rings. The van der Waals surface area contributed by atoms with E-state index in [1.54, 1.807) is 0 Å². The first-order chi connectivity index (χ1) is 6.79. The molecular weight excluding hydrogens is 212 g/mol. The zero-order valence-electron chi connectivity index (χ0n) is 9.35. The van der Waals surface area contributed by atoms with Crippen molar-refractivity contribution in [2.45, 2.75) is 39.3 Å². The quantitative estimate of drug-likeness (QED) is 0.701. The summed E-state index contributed by atoms with van der Waals surface area (Å²) in [7, 11) is 0. The van der Waals surface area contributed by atoms with E-state index in [2.05, 4.69) is 23.1 Å². The summed E-state index contributed by atoms with van der Waals surface area (Å²) in [5.74, 6) is 0.971. The number of rotatable bonds is 6. The van der Waals surface area contributed by atoms with Gasteiger partial charge in [0.25, 0.3) is 0 Å². The molecule has 1 rings (SSSR count). The molecule has 1 atom stereocenters. The Morgan fingerprint density at radius 2 is 2.40 bits per heavy atom. The van der Waals surface area contributed by atoms with Crippen molar-refractivity contribution < 1.29 is 4.74 Å². The standard InChI is InChI=1S/C11H18N2O.ClH/c1-4-6-8-13-9-7-12-11(13)10(3)14-5-2;/h5,7,9-10H,2,4,6,8H2,1,3H3;1H. The van der Waals surface area contributed by atoms with Gasteiger partial charge in [-0.15, -0.1) is 12.4 Å². The number of halogens is 1. The number of hydrogen-bond acceptors (Lipinski definition) is 2. The minimum atomic E-state index is -0.0145. The van der Waals surface area contributed by atoms with Crippen molar-refractivity contribution in [1.29, 1.82) is 0 Å². The third-order valence-corrected chi connectivity index (χ3v) is 2.16. The molecule has 0 amide bonds. The first-order valence-corrected chi connectivity index (χ1v) is 5.07. The molecule has 0 saturated carbocycles. The van der Waals surface area contributed by atoms with Gasteiger partial charge in [-0.1, -0.05) is 19.9 Å². The van der Waals surface area contributed by atoms with E-state index in [0.717, 1.165) is 12.4 Å². The highest BCUT2D eigenvalue weighted by atomic mass is 35.5. The molecule has 0 aromatic carbocycles. The Hall–Kier alpha value is -0.960. The summed E-state index contributed by atoms with van der Waals surface area (Å²) in [5, 5.41) is 0. The van der Waals surface area contributed by atoms with Crippen LogP contribution in [0.5, 0.6) is 0 Å². The van der Waals surface area contributed by atoms with Crippen LogP contribution in [0.4, 0.5) is 0 Å². The van der Waals surface area contributed by atoms with Crippen LogP contribution in [0, 0.1) is 0 Å². The second-order valence-electron chi connectivity index (χ2n) is 3.28. The van der Waals surface area contributed by atoms with Gasteiger partial charge < -0.3 is 9.30 Å². The fourth-order valence-electron chi connectivity index (χ4n) is 1.40. The average Bonchev–Trinajstić information content (AvgIpc) is 2.63. The van der Waals surface area contributed by atoms with Crippen molar-refractivity contribution in [3.05, 3.63) is 31.1 Å². The molecule has 3 nitrogen and oxygen atoms in total. The van der Waals surface area contributed by atoms with Gasteiger partial charge in [0, 0.05) is 18.9 Å². The number of nitrogens with zero attached hydrogens (tertiary/aromatic N) is 2. The molecule has 0 aliphatic carbocycles. The number of aromatic nitrogens is 2. The molecule has 0 aliphatic heterocycles. The van der Waals surface area contributed by atoms with Gasteiger partial charge in [0.15, 0.2) is 6.10 Å². The number of imidazole rings is 1. The first kappa shape index (κ1) is 14.0. The van der Waals surface area contributed by atoms with E-state index in [4.69, 9.17) is 4.74 Å². The maximum absolute atomic E-state index is 5.29. The second kappa shape index (κ2) is 7.35. The highest BCUT2D eigenvalue weighted by Crippen LogP contribution is 2.15. The van der Waals surface area contributed by atoms with Gasteiger partial charge in [-0.2, -0.15) is 0 Å². The Morgan fingerprint density at radius 1 is 1.67 bits per heavy atom. The molecule has 1 heterocycles. The molecule has 0 saturated heterocycles. The maximum Gasteiger partial charge on any atom is 0.152 e. The van der Waals surface area contributed by atoms with Gasteiger partial charge in [-0.05, 0) is 13.3 Å². The summed E-state index contributed by atoms with van der Waals surface area (Å²) in [6, 6.07) is 0. The van der Waals surface area contributed by atoms with Crippen LogP contribution < -0.4 is 0 Å². The Balaban J connectivity index is 0.00000196. The van der Waals surface area contributed by atoms with E-state index >= 15 is 0 Å². The SMILES string of the molecule is C=COC(C)c1nccn1CCCC.Cl. The monoisotopic (exact) mass is 230 g/mol. The predicted octanol–water partition coefficient (Wildman–Crippen LogP) is 3.33. The fraction of sp³-hybridized carbons (Fsp3) is 0.545. The Labute approximate surface area is 97.6 Å². The lowest BCUT2D eigenvalue weighted by molar-refractivity contribution is 0.152. The zero-order chi connectivity index (χ0) is 10.4. The summed E-state index contributed by atoms with van der Waals surface area (Å²) < 4.78 is 7.42. The van der Waals surface area contributed by atoms with Crippen LogP contribution in [0.25, 0.3) is 0 Å². The van der Waals surface area contributed by atoms with E-state index in [1.807, 2.05) is 19.3 Å². The number of unbranched alkanes of at least 4 members (excludes halogenated alkanes) is 1. The molecule has 0 spiro atoms. The molecule has 1 unspecified atom stereocenters. The van der Waals surface area contributed by atoms with Crippen molar-refractivity contribution in [2.24, 2.45) is 0 Å². The molecule has 1 aromatic heterocycles. The summed E-state index contributed by atoms with van der Waals surface area (Å²) in [6.07, 6.45) is 7.61. The van der Waals surface area contributed by atoms with Crippen LogP contribution in [0.15, 0.2) is 25.2 Å². The smallest absolute Gasteiger partial charge is 0.152 e. The van der Waals surface area contributed by atoms with Gasteiger partial charge in [0.2, 0.25) is 0 Å². The van der Waals surface area contributed by atoms with E-state index in [-0.39, 0.29) is 18.5 Å². The predicted molar refractivity (Wildman–Crippen MR) is 64.1 cm³/mol. The highest BCUT2D eigenvalue weighted by Gasteiger charge is 2.10.